The topological polar surface area (TPSA) is 51.8 Å². The van der Waals surface area contributed by atoms with Gasteiger partial charge in [-0.25, -0.2) is 0 Å². The molecule has 3 fully saturated rings. The molecule has 0 saturated carbocycles. The number of rotatable bonds is 5. The van der Waals surface area contributed by atoms with Crippen LogP contribution in [0.2, 0.25) is 0 Å². The first kappa shape index (κ1) is 28.3. The molecule has 0 bridgehead atoms. The van der Waals surface area contributed by atoms with Crippen LogP contribution < -0.4 is 30.5 Å². The number of anilines is 2. The van der Waals surface area contributed by atoms with E-state index in [-0.39, 0.29) is 11.5 Å². The van der Waals surface area contributed by atoms with Crippen LogP contribution in [-0.2, 0) is 6.18 Å². The van der Waals surface area contributed by atoms with Gasteiger partial charge in [0.2, 0.25) is 0 Å². The monoisotopic (exact) mass is 589 g/mol. The Kier molecular flexibility index (Phi) is 7.80. The van der Waals surface area contributed by atoms with Crippen molar-refractivity contribution in [1.82, 2.24) is 16.0 Å². The van der Waals surface area contributed by atoms with E-state index in [0.29, 0.717) is 5.39 Å². The Labute approximate surface area is 250 Å². The van der Waals surface area contributed by atoms with Crippen molar-refractivity contribution in [3.63, 3.8) is 0 Å². The Morgan fingerprint density at radius 3 is 1.91 bits per heavy atom. The molecule has 3 aliphatic rings. The van der Waals surface area contributed by atoms with Gasteiger partial charge in [0, 0.05) is 85.5 Å². The summed E-state index contributed by atoms with van der Waals surface area (Å²) >= 11 is 0. The second kappa shape index (κ2) is 11.9. The highest BCUT2D eigenvalue weighted by molar-refractivity contribution is 6.05. The van der Waals surface area contributed by atoms with E-state index >= 15 is 0 Å². The van der Waals surface area contributed by atoms with E-state index in [2.05, 4.69) is 43.9 Å². The van der Waals surface area contributed by atoms with Crippen molar-refractivity contribution in [1.29, 1.82) is 0 Å². The molecule has 0 spiro atoms. The van der Waals surface area contributed by atoms with Gasteiger partial charge in [-0.3, -0.25) is 0 Å². The van der Waals surface area contributed by atoms with Gasteiger partial charge in [0.15, 0.2) is 0 Å². The molecule has 43 heavy (non-hydrogen) atoms. The number of hydrogen-bond acceptors (Lipinski definition) is 6. The second-order valence-corrected chi connectivity index (χ2v) is 11.7. The molecule has 4 aromatic carbocycles. The van der Waals surface area contributed by atoms with Crippen molar-refractivity contribution in [3.05, 3.63) is 66.2 Å². The van der Waals surface area contributed by atoms with Crippen molar-refractivity contribution in [3.8, 4) is 16.9 Å². The number of fused-ring (bicyclic) bond motifs is 2. The maximum atomic E-state index is 14.5. The number of hydrogen-bond donors (Lipinski definition) is 3. The molecule has 3 aliphatic heterocycles. The van der Waals surface area contributed by atoms with Crippen LogP contribution in [0.4, 0.5) is 24.5 Å². The molecule has 0 amide bonds. The Bertz CT molecular complexity index is 1610. The minimum absolute atomic E-state index is 0.0407. The summed E-state index contributed by atoms with van der Waals surface area (Å²) < 4.78 is 50.2. The highest BCUT2D eigenvalue weighted by Gasteiger charge is 2.34. The average molecular weight is 590 g/mol. The van der Waals surface area contributed by atoms with Crippen molar-refractivity contribution in [2.75, 3.05) is 75.2 Å². The maximum absolute atomic E-state index is 14.5. The zero-order valence-electron chi connectivity index (χ0n) is 24.3. The smallest absolute Gasteiger partial charge is 0.417 e. The van der Waals surface area contributed by atoms with Gasteiger partial charge >= 0.3 is 6.18 Å². The minimum atomic E-state index is -4.47. The Balaban J connectivity index is 1.44. The maximum Gasteiger partial charge on any atom is 0.417 e. The molecule has 226 valence electrons. The molecule has 3 N–H and O–H groups in total. The minimum Gasteiger partial charge on any atom is -0.489 e. The van der Waals surface area contributed by atoms with Gasteiger partial charge in [0.05, 0.1) is 5.56 Å². The number of nitrogens with zero attached hydrogens (tertiary/aromatic N) is 2. The number of halogens is 3. The molecule has 0 aromatic heterocycles. The van der Waals surface area contributed by atoms with Crippen molar-refractivity contribution < 1.29 is 17.9 Å². The van der Waals surface area contributed by atoms with Crippen LogP contribution in [0, 0.1) is 0 Å². The first-order valence-corrected chi connectivity index (χ1v) is 15.5. The molecule has 7 rings (SSSR count). The Morgan fingerprint density at radius 1 is 0.628 bits per heavy atom. The lowest BCUT2D eigenvalue weighted by Gasteiger charge is -2.33. The molecular formula is C34H38F3N5O. The molecule has 3 heterocycles. The largest absolute Gasteiger partial charge is 0.489 e. The molecular weight excluding hydrogens is 551 g/mol. The molecule has 3 saturated heterocycles. The summed E-state index contributed by atoms with van der Waals surface area (Å²) in [5, 5.41) is 13.1. The van der Waals surface area contributed by atoms with Crippen LogP contribution in [0.3, 0.4) is 0 Å². The summed E-state index contributed by atoms with van der Waals surface area (Å²) in [5.74, 6) is 0.757. The number of piperidine rings is 1. The molecule has 0 unspecified atom stereocenters. The number of nitrogens with one attached hydrogen (secondary N) is 3. The third-order valence-electron chi connectivity index (χ3n) is 9.07. The van der Waals surface area contributed by atoms with E-state index in [1.165, 1.54) is 6.07 Å². The molecule has 6 nitrogen and oxygen atoms in total. The first-order chi connectivity index (χ1) is 21.0. The summed E-state index contributed by atoms with van der Waals surface area (Å²) in [7, 11) is 0. The summed E-state index contributed by atoms with van der Waals surface area (Å²) in [6.07, 6.45) is -2.66. The van der Waals surface area contributed by atoms with Crippen molar-refractivity contribution in [2.24, 2.45) is 0 Å². The fourth-order valence-electron chi connectivity index (χ4n) is 6.85. The van der Waals surface area contributed by atoms with Gasteiger partial charge < -0.3 is 30.5 Å². The number of ether oxygens (including phenoxy) is 1. The fourth-order valence-corrected chi connectivity index (χ4v) is 6.85. The van der Waals surface area contributed by atoms with Crippen LogP contribution in [0.1, 0.15) is 18.4 Å². The van der Waals surface area contributed by atoms with E-state index in [9.17, 15) is 13.2 Å². The van der Waals surface area contributed by atoms with Gasteiger partial charge in [-0.15, -0.1) is 0 Å². The highest BCUT2D eigenvalue weighted by atomic mass is 19.4. The van der Waals surface area contributed by atoms with Crippen LogP contribution in [0.15, 0.2) is 60.7 Å². The van der Waals surface area contributed by atoms with E-state index < -0.39 is 11.7 Å². The average Bonchev–Trinajstić information content (AvgIpc) is 3.05. The van der Waals surface area contributed by atoms with Crippen LogP contribution in [-0.4, -0.2) is 71.6 Å². The Hall–Kier alpha value is -3.53. The van der Waals surface area contributed by atoms with Crippen LogP contribution in [0.5, 0.6) is 5.75 Å². The first-order valence-electron chi connectivity index (χ1n) is 15.5. The van der Waals surface area contributed by atoms with Gasteiger partial charge in [-0.2, -0.15) is 13.2 Å². The predicted molar refractivity (Wildman–Crippen MR) is 169 cm³/mol. The third-order valence-corrected chi connectivity index (χ3v) is 9.07. The molecule has 9 heteroatoms. The van der Waals surface area contributed by atoms with E-state index in [4.69, 9.17) is 4.74 Å². The van der Waals surface area contributed by atoms with Gasteiger partial charge in [0.1, 0.15) is 11.9 Å². The standard InChI is InChI=1S/C34H38F3N5O/c35-34(36,37)30-7-8-31(41-17-13-39-14-18-41)26-6-5-23(21-29(26)30)28-22-32(42-19-15-40-16-20-42)25-3-1-2-4-27(25)33(28)43-24-9-11-38-12-10-24/h1-8,21-22,24,38-40H,9-20H2. The van der Waals surface area contributed by atoms with Gasteiger partial charge in [-0.1, -0.05) is 36.4 Å². The molecule has 0 aliphatic carbocycles. The van der Waals surface area contributed by atoms with Crippen molar-refractivity contribution in [2.45, 2.75) is 25.1 Å². The summed E-state index contributed by atoms with van der Waals surface area (Å²) in [4.78, 5) is 4.56. The quantitative estimate of drug-likeness (QED) is 0.281. The SMILES string of the molecule is FC(F)(F)c1ccc(N2CCNCC2)c2ccc(-c3cc(N4CCNCC4)c4ccccc4c3OC3CCNCC3)cc12. The van der Waals surface area contributed by atoms with Crippen molar-refractivity contribution >= 4 is 32.9 Å². The predicted octanol–water partition coefficient (Wildman–Crippen LogP) is 5.63. The lowest BCUT2D eigenvalue weighted by Crippen LogP contribution is -2.43. The highest BCUT2D eigenvalue weighted by Crippen LogP contribution is 2.46. The summed E-state index contributed by atoms with van der Waals surface area (Å²) in [6.45, 7) is 8.41. The summed E-state index contributed by atoms with van der Waals surface area (Å²) in [6, 6.07) is 18.9. The number of benzene rings is 4. The lowest BCUT2D eigenvalue weighted by atomic mass is 9.93. The third kappa shape index (κ3) is 5.61. The lowest BCUT2D eigenvalue weighted by molar-refractivity contribution is -0.136. The molecule has 0 atom stereocenters. The van der Waals surface area contributed by atoms with Gasteiger partial charge in [-0.05, 0) is 61.1 Å². The van der Waals surface area contributed by atoms with E-state index in [0.717, 1.165) is 117 Å². The van der Waals surface area contributed by atoms with Gasteiger partial charge in [0.25, 0.3) is 0 Å². The second-order valence-electron chi connectivity index (χ2n) is 11.7. The van der Waals surface area contributed by atoms with Crippen LogP contribution >= 0.6 is 0 Å². The summed E-state index contributed by atoms with van der Waals surface area (Å²) in [5.41, 5.74) is 2.92. The number of piperazine rings is 2. The Morgan fingerprint density at radius 2 is 1.23 bits per heavy atom. The number of alkyl halides is 3. The molecule has 4 aromatic rings. The van der Waals surface area contributed by atoms with E-state index in [1.54, 1.807) is 12.1 Å². The van der Waals surface area contributed by atoms with Crippen LogP contribution in [0.25, 0.3) is 32.7 Å². The zero-order chi connectivity index (χ0) is 29.4. The van der Waals surface area contributed by atoms with E-state index in [1.807, 2.05) is 24.3 Å². The molecule has 0 radical (unpaired) electrons. The zero-order valence-corrected chi connectivity index (χ0v) is 24.3. The normalized spacial score (nSPS) is 18.9. The fraction of sp³-hybridized carbons (Fsp3) is 0.412.